The Morgan fingerprint density at radius 1 is 0.857 bits per heavy atom. The molecule has 3 amide bonds. The number of nitrogens with one attached hydrogen (secondary N) is 3. The van der Waals surface area contributed by atoms with Gasteiger partial charge in [-0.15, -0.1) is 0 Å². The molecule has 8 heteroatoms. The van der Waals surface area contributed by atoms with E-state index < -0.39 is 0 Å². The van der Waals surface area contributed by atoms with Gasteiger partial charge in [0.25, 0.3) is 5.91 Å². The van der Waals surface area contributed by atoms with Gasteiger partial charge in [0, 0.05) is 40.3 Å². The van der Waals surface area contributed by atoms with E-state index in [2.05, 4.69) is 46.8 Å². The van der Waals surface area contributed by atoms with Crippen LogP contribution < -0.4 is 20.7 Å². The summed E-state index contributed by atoms with van der Waals surface area (Å²) in [6.07, 6.45) is 0. The van der Waals surface area contributed by atoms with Crippen molar-refractivity contribution in [2.75, 3.05) is 43.9 Å². The van der Waals surface area contributed by atoms with Gasteiger partial charge in [-0.2, -0.15) is 0 Å². The molecule has 0 atom stereocenters. The molecule has 0 saturated carbocycles. The Kier molecular flexibility index (Phi) is 10.0. The van der Waals surface area contributed by atoms with Crippen LogP contribution in [0.3, 0.4) is 0 Å². The molecule has 0 aliphatic rings. The quantitative estimate of drug-likeness (QED) is 0.326. The van der Waals surface area contributed by atoms with Gasteiger partial charge >= 0.3 is 6.03 Å². The Morgan fingerprint density at radius 2 is 1.49 bits per heavy atom. The zero-order valence-electron chi connectivity index (χ0n) is 20.3. The third kappa shape index (κ3) is 8.05. The van der Waals surface area contributed by atoms with Gasteiger partial charge < -0.3 is 25.6 Å². The Hall–Kier alpha value is -3.49. The van der Waals surface area contributed by atoms with Gasteiger partial charge in [0.15, 0.2) is 0 Å². The summed E-state index contributed by atoms with van der Waals surface area (Å²) < 4.78 is 5.39. The molecule has 35 heavy (non-hydrogen) atoms. The SMILES string of the molecule is CCN(CC)CCNC(=O)c1ccc(NC(=O)Nc2ccc(Sc3ccccc3)cc2)cc1OC. The number of anilines is 2. The standard InChI is InChI=1S/C27H32N4O3S/c1-4-31(5-2)18-17-28-26(32)24-16-13-21(19-25(24)34-3)30-27(33)29-20-11-14-23(15-12-20)35-22-9-7-6-8-10-22/h6-16,19H,4-5,17-18H2,1-3H3,(H,28,32)(H2,29,30,33). The lowest BCUT2D eigenvalue weighted by Gasteiger charge is -2.18. The topological polar surface area (TPSA) is 82.7 Å². The van der Waals surface area contributed by atoms with E-state index in [9.17, 15) is 9.59 Å². The molecule has 3 N–H and O–H groups in total. The second-order valence-electron chi connectivity index (χ2n) is 7.72. The number of rotatable bonds is 11. The molecule has 0 aliphatic carbocycles. The van der Waals surface area contributed by atoms with Gasteiger partial charge in [-0.25, -0.2) is 4.79 Å². The zero-order chi connectivity index (χ0) is 25.0. The van der Waals surface area contributed by atoms with Gasteiger partial charge in [-0.05, 0) is 61.6 Å². The summed E-state index contributed by atoms with van der Waals surface area (Å²) in [7, 11) is 1.50. The van der Waals surface area contributed by atoms with E-state index in [4.69, 9.17) is 4.74 Å². The fourth-order valence-corrected chi connectivity index (χ4v) is 4.28. The number of hydrogen-bond acceptors (Lipinski definition) is 5. The fraction of sp³-hybridized carbons (Fsp3) is 0.259. The second kappa shape index (κ2) is 13.4. The van der Waals surface area contributed by atoms with Crippen LogP contribution in [0.4, 0.5) is 16.2 Å². The number of ether oxygens (including phenoxy) is 1. The lowest BCUT2D eigenvalue weighted by Crippen LogP contribution is -2.34. The normalized spacial score (nSPS) is 10.6. The molecular weight excluding hydrogens is 460 g/mol. The molecule has 0 aromatic heterocycles. The van der Waals surface area contributed by atoms with Crippen LogP contribution in [-0.4, -0.2) is 50.1 Å². The van der Waals surface area contributed by atoms with Gasteiger partial charge in [0.1, 0.15) is 5.75 Å². The molecular formula is C27H32N4O3S. The highest BCUT2D eigenvalue weighted by molar-refractivity contribution is 7.99. The van der Waals surface area contributed by atoms with E-state index in [1.165, 1.54) is 7.11 Å². The summed E-state index contributed by atoms with van der Waals surface area (Å²) in [4.78, 5) is 29.5. The molecule has 0 bridgehead atoms. The minimum Gasteiger partial charge on any atom is -0.496 e. The van der Waals surface area contributed by atoms with Crippen LogP contribution in [0, 0.1) is 0 Å². The van der Waals surface area contributed by atoms with Crippen molar-refractivity contribution in [2.45, 2.75) is 23.6 Å². The average Bonchev–Trinajstić information content (AvgIpc) is 2.88. The summed E-state index contributed by atoms with van der Waals surface area (Å²) in [5.41, 5.74) is 1.62. The maximum absolute atomic E-state index is 12.6. The van der Waals surface area contributed by atoms with Crippen molar-refractivity contribution in [2.24, 2.45) is 0 Å². The van der Waals surface area contributed by atoms with Crippen LogP contribution in [0.1, 0.15) is 24.2 Å². The van der Waals surface area contributed by atoms with Crippen LogP contribution in [-0.2, 0) is 0 Å². The maximum atomic E-state index is 12.6. The van der Waals surface area contributed by atoms with E-state index in [1.54, 1.807) is 30.0 Å². The third-order valence-corrected chi connectivity index (χ3v) is 6.42. The number of hydrogen-bond donors (Lipinski definition) is 3. The highest BCUT2D eigenvalue weighted by Gasteiger charge is 2.14. The van der Waals surface area contributed by atoms with Crippen molar-refractivity contribution < 1.29 is 14.3 Å². The Bertz CT molecular complexity index is 1100. The van der Waals surface area contributed by atoms with Crippen LogP contribution in [0.5, 0.6) is 5.75 Å². The number of methoxy groups -OCH3 is 1. The number of nitrogens with zero attached hydrogens (tertiary/aromatic N) is 1. The van der Waals surface area contributed by atoms with E-state index in [0.717, 1.165) is 29.4 Å². The lowest BCUT2D eigenvalue weighted by molar-refractivity contribution is 0.0946. The van der Waals surface area contributed by atoms with Crippen LogP contribution in [0.15, 0.2) is 82.6 Å². The fourth-order valence-electron chi connectivity index (χ4n) is 3.44. The van der Waals surface area contributed by atoms with Crippen LogP contribution >= 0.6 is 11.8 Å². The molecule has 0 spiro atoms. The summed E-state index contributed by atoms with van der Waals surface area (Å²) >= 11 is 1.66. The molecule has 184 valence electrons. The van der Waals surface area contributed by atoms with Gasteiger partial charge in [0.05, 0.1) is 12.7 Å². The Balaban J connectivity index is 1.54. The molecule has 0 fully saturated rings. The molecule has 0 heterocycles. The van der Waals surface area contributed by atoms with Crippen molar-refractivity contribution in [3.05, 3.63) is 78.4 Å². The molecule has 0 radical (unpaired) electrons. The zero-order valence-corrected chi connectivity index (χ0v) is 21.2. The molecule has 3 aromatic rings. The summed E-state index contributed by atoms with van der Waals surface area (Å²) in [5, 5.41) is 8.53. The first-order chi connectivity index (χ1) is 17.0. The Morgan fingerprint density at radius 3 is 2.14 bits per heavy atom. The van der Waals surface area contributed by atoms with Gasteiger partial charge in [-0.3, -0.25) is 4.79 Å². The first kappa shape index (κ1) is 26.1. The minimum absolute atomic E-state index is 0.210. The van der Waals surface area contributed by atoms with Crippen molar-refractivity contribution in [3.63, 3.8) is 0 Å². The highest BCUT2D eigenvalue weighted by atomic mass is 32.2. The summed E-state index contributed by atoms with van der Waals surface area (Å²) in [6.45, 7) is 7.40. The number of carbonyl (C=O) groups excluding carboxylic acids is 2. The molecule has 3 aromatic carbocycles. The lowest BCUT2D eigenvalue weighted by atomic mass is 10.1. The minimum atomic E-state index is -0.382. The smallest absolute Gasteiger partial charge is 0.323 e. The number of likely N-dealkylation sites (N-methyl/N-ethyl adjacent to an activating group) is 1. The van der Waals surface area contributed by atoms with E-state index in [-0.39, 0.29) is 11.9 Å². The monoisotopic (exact) mass is 492 g/mol. The maximum Gasteiger partial charge on any atom is 0.323 e. The van der Waals surface area contributed by atoms with Crippen LogP contribution in [0.2, 0.25) is 0 Å². The summed E-state index contributed by atoms with van der Waals surface area (Å²) in [5.74, 6) is 0.184. The summed E-state index contributed by atoms with van der Waals surface area (Å²) in [6, 6.07) is 22.3. The predicted molar refractivity (Wildman–Crippen MR) is 143 cm³/mol. The van der Waals surface area contributed by atoms with E-state index in [1.807, 2.05) is 42.5 Å². The molecule has 7 nitrogen and oxygen atoms in total. The van der Waals surface area contributed by atoms with Gasteiger partial charge in [0.2, 0.25) is 0 Å². The number of carbonyl (C=O) groups is 2. The Labute approximate surface area is 211 Å². The number of urea groups is 1. The van der Waals surface area contributed by atoms with Crippen LogP contribution in [0.25, 0.3) is 0 Å². The van der Waals surface area contributed by atoms with Crippen molar-refractivity contribution >= 4 is 35.1 Å². The van der Waals surface area contributed by atoms with E-state index in [0.29, 0.717) is 29.2 Å². The molecule has 0 unspecified atom stereocenters. The molecule has 0 aliphatic heterocycles. The predicted octanol–water partition coefficient (Wildman–Crippen LogP) is 5.56. The second-order valence-corrected chi connectivity index (χ2v) is 8.86. The largest absolute Gasteiger partial charge is 0.496 e. The third-order valence-electron chi connectivity index (χ3n) is 5.40. The van der Waals surface area contributed by atoms with Gasteiger partial charge in [-0.1, -0.05) is 43.8 Å². The molecule has 3 rings (SSSR count). The molecule has 0 saturated heterocycles. The average molecular weight is 493 g/mol. The van der Waals surface area contributed by atoms with Crippen molar-refractivity contribution in [1.82, 2.24) is 10.2 Å². The number of benzene rings is 3. The highest BCUT2D eigenvalue weighted by Crippen LogP contribution is 2.28. The number of amides is 3. The first-order valence-electron chi connectivity index (χ1n) is 11.6. The first-order valence-corrected chi connectivity index (χ1v) is 12.4. The van der Waals surface area contributed by atoms with Crippen molar-refractivity contribution in [1.29, 1.82) is 0 Å². The van der Waals surface area contributed by atoms with E-state index >= 15 is 0 Å². The van der Waals surface area contributed by atoms with Crippen molar-refractivity contribution in [3.8, 4) is 5.75 Å².